The quantitative estimate of drug-likeness (QED) is 0.394. The molecule has 0 radical (unpaired) electrons. The highest BCUT2D eigenvalue weighted by Gasteiger charge is 2.21. The summed E-state index contributed by atoms with van der Waals surface area (Å²) in [6, 6.07) is 18.4. The van der Waals surface area contributed by atoms with Crippen LogP contribution in [0.3, 0.4) is 0 Å². The van der Waals surface area contributed by atoms with E-state index in [4.69, 9.17) is 4.98 Å². The van der Waals surface area contributed by atoms with Gasteiger partial charge in [0.05, 0.1) is 23.2 Å². The number of fused-ring (bicyclic) bond motifs is 1. The lowest BCUT2D eigenvalue weighted by molar-refractivity contribution is -0.118. The van der Waals surface area contributed by atoms with Gasteiger partial charge in [0.25, 0.3) is 0 Å². The Labute approximate surface area is 181 Å². The van der Waals surface area contributed by atoms with Gasteiger partial charge in [0.2, 0.25) is 5.91 Å². The van der Waals surface area contributed by atoms with Gasteiger partial charge in [-0.3, -0.25) is 14.7 Å². The summed E-state index contributed by atoms with van der Waals surface area (Å²) in [6.45, 7) is 6.86. The van der Waals surface area contributed by atoms with Gasteiger partial charge in [-0.25, -0.2) is 4.98 Å². The first-order valence-electron chi connectivity index (χ1n) is 10.1. The monoisotopic (exact) mass is 415 g/mol. The Kier molecular flexibility index (Phi) is 5.91. The smallest absolute Gasteiger partial charge is 0.233 e. The fourth-order valence-electron chi connectivity index (χ4n) is 3.36. The van der Waals surface area contributed by atoms with Crippen LogP contribution < -0.4 is 4.90 Å². The van der Waals surface area contributed by atoms with Crippen molar-refractivity contribution in [1.82, 2.24) is 9.97 Å². The molecule has 1 amide bonds. The third-order valence-corrected chi connectivity index (χ3v) is 6.17. The number of carbonyl (C=O) groups is 1. The summed E-state index contributed by atoms with van der Waals surface area (Å²) in [5.74, 6) is 0.509. The van der Waals surface area contributed by atoms with Crippen molar-refractivity contribution in [3.8, 4) is 0 Å². The van der Waals surface area contributed by atoms with Crippen LogP contribution in [-0.4, -0.2) is 15.9 Å². The second kappa shape index (κ2) is 8.76. The molecule has 0 aliphatic carbocycles. The van der Waals surface area contributed by atoms with Gasteiger partial charge in [-0.2, -0.15) is 0 Å². The molecule has 0 saturated heterocycles. The van der Waals surface area contributed by atoms with Gasteiger partial charge < -0.3 is 0 Å². The van der Waals surface area contributed by atoms with E-state index < -0.39 is 0 Å². The van der Waals surface area contributed by atoms with Crippen LogP contribution in [0.25, 0.3) is 10.2 Å². The van der Waals surface area contributed by atoms with Gasteiger partial charge in [0, 0.05) is 12.4 Å². The summed E-state index contributed by atoms with van der Waals surface area (Å²) in [7, 11) is 0. The lowest BCUT2D eigenvalue weighted by Gasteiger charge is -2.20. The molecule has 0 bridgehead atoms. The highest BCUT2D eigenvalue weighted by Crippen LogP contribution is 2.31. The molecule has 30 heavy (non-hydrogen) atoms. The minimum atomic E-state index is 0.0342. The minimum absolute atomic E-state index is 0.0342. The van der Waals surface area contributed by atoms with Gasteiger partial charge in [0.15, 0.2) is 5.13 Å². The molecule has 2 aromatic heterocycles. The first-order chi connectivity index (χ1) is 14.5. The van der Waals surface area contributed by atoms with Crippen LogP contribution in [0.15, 0.2) is 67.0 Å². The van der Waals surface area contributed by atoms with Gasteiger partial charge in [-0.15, -0.1) is 0 Å². The fourth-order valence-corrected chi connectivity index (χ4v) is 4.44. The Balaban J connectivity index is 1.64. The van der Waals surface area contributed by atoms with E-state index in [0.29, 0.717) is 18.9 Å². The van der Waals surface area contributed by atoms with Gasteiger partial charge >= 0.3 is 0 Å². The Morgan fingerprint density at radius 1 is 1.07 bits per heavy atom. The SMILES string of the molecule is Cc1ccc2nc(N(Cc3cccnc3)C(=O)Cc3ccc(C(C)C)cc3)sc2c1. The molecule has 4 rings (SSSR count). The number of benzene rings is 2. The molecule has 0 unspecified atom stereocenters. The van der Waals surface area contributed by atoms with Crippen molar-refractivity contribution < 1.29 is 4.79 Å². The Bertz CT molecular complexity index is 1150. The first-order valence-corrected chi connectivity index (χ1v) is 11.0. The fraction of sp³-hybridized carbons (Fsp3) is 0.240. The number of hydrogen-bond acceptors (Lipinski definition) is 4. The average molecular weight is 416 g/mol. The molecular weight excluding hydrogens is 390 g/mol. The van der Waals surface area contributed by atoms with E-state index in [-0.39, 0.29) is 5.91 Å². The Hall–Kier alpha value is -3.05. The number of nitrogens with zero attached hydrogens (tertiary/aromatic N) is 3. The summed E-state index contributed by atoms with van der Waals surface area (Å²) in [4.78, 5) is 24.1. The molecule has 0 fully saturated rings. The van der Waals surface area contributed by atoms with Crippen LogP contribution >= 0.6 is 11.3 Å². The maximum atomic E-state index is 13.4. The third kappa shape index (κ3) is 4.57. The summed E-state index contributed by atoms with van der Waals surface area (Å²) >= 11 is 1.56. The van der Waals surface area contributed by atoms with Crippen LogP contribution in [0.1, 0.15) is 42.0 Å². The van der Waals surface area contributed by atoms with Crippen LogP contribution in [0.4, 0.5) is 5.13 Å². The second-order valence-electron chi connectivity index (χ2n) is 7.88. The zero-order valence-electron chi connectivity index (χ0n) is 17.5. The highest BCUT2D eigenvalue weighted by atomic mass is 32.1. The van der Waals surface area contributed by atoms with E-state index in [1.807, 2.05) is 18.2 Å². The number of hydrogen-bond donors (Lipinski definition) is 0. The zero-order chi connectivity index (χ0) is 21.1. The number of aryl methyl sites for hydroxylation is 1. The topological polar surface area (TPSA) is 46.1 Å². The van der Waals surface area contributed by atoms with Gasteiger partial charge in [-0.1, -0.05) is 61.6 Å². The van der Waals surface area contributed by atoms with E-state index in [1.54, 1.807) is 28.6 Å². The summed E-state index contributed by atoms with van der Waals surface area (Å²) in [5, 5.41) is 0.725. The number of aromatic nitrogens is 2. The number of thiazole rings is 1. The molecule has 2 heterocycles. The normalized spacial score (nSPS) is 11.2. The molecule has 4 aromatic rings. The molecule has 4 nitrogen and oxygen atoms in total. The van der Waals surface area contributed by atoms with E-state index in [0.717, 1.165) is 26.5 Å². The summed E-state index contributed by atoms with van der Waals surface area (Å²) in [6.07, 6.45) is 3.88. The van der Waals surface area contributed by atoms with Crippen molar-refractivity contribution in [1.29, 1.82) is 0 Å². The molecular formula is C25H25N3OS. The summed E-state index contributed by atoms with van der Waals surface area (Å²) < 4.78 is 1.09. The van der Waals surface area contributed by atoms with Gasteiger partial charge in [0.1, 0.15) is 0 Å². The largest absolute Gasteiger partial charge is 0.283 e. The second-order valence-corrected chi connectivity index (χ2v) is 8.89. The lowest BCUT2D eigenvalue weighted by atomic mass is 10.0. The van der Waals surface area contributed by atoms with Crippen molar-refractivity contribution in [2.45, 2.75) is 39.7 Å². The van der Waals surface area contributed by atoms with Gasteiger partial charge in [-0.05, 0) is 53.3 Å². The predicted molar refractivity (Wildman–Crippen MR) is 124 cm³/mol. The molecule has 0 aliphatic heterocycles. The van der Waals surface area contributed by atoms with Crippen molar-refractivity contribution in [2.75, 3.05) is 4.90 Å². The molecule has 0 spiro atoms. The maximum Gasteiger partial charge on any atom is 0.233 e. The molecule has 0 atom stereocenters. The van der Waals surface area contributed by atoms with Crippen molar-refractivity contribution in [3.05, 3.63) is 89.2 Å². The molecule has 5 heteroatoms. The molecule has 152 valence electrons. The van der Waals surface area contributed by atoms with E-state index in [9.17, 15) is 4.79 Å². The number of amides is 1. The number of anilines is 1. The predicted octanol–water partition coefficient (Wildman–Crippen LogP) is 5.90. The number of carbonyl (C=O) groups excluding carboxylic acids is 1. The summed E-state index contributed by atoms with van der Waals surface area (Å²) in [5.41, 5.74) is 5.38. The highest BCUT2D eigenvalue weighted by molar-refractivity contribution is 7.22. The van der Waals surface area contributed by atoms with Crippen LogP contribution in [0, 0.1) is 6.92 Å². The molecule has 0 saturated carbocycles. The zero-order valence-corrected chi connectivity index (χ0v) is 18.3. The minimum Gasteiger partial charge on any atom is -0.283 e. The molecule has 2 aromatic carbocycles. The Morgan fingerprint density at radius 2 is 1.87 bits per heavy atom. The third-order valence-electron chi connectivity index (χ3n) is 5.13. The Morgan fingerprint density at radius 3 is 2.57 bits per heavy atom. The van der Waals surface area contributed by atoms with Crippen molar-refractivity contribution in [2.24, 2.45) is 0 Å². The van der Waals surface area contributed by atoms with E-state index in [2.05, 4.69) is 62.2 Å². The van der Waals surface area contributed by atoms with E-state index >= 15 is 0 Å². The first kappa shape index (κ1) is 20.2. The van der Waals surface area contributed by atoms with Crippen molar-refractivity contribution >= 4 is 32.6 Å². The molecule has 0 aliphatic rings. The maximum absolute atomic E-state index is 13.4. The van der Waals surface area contributed by atoms with Crippen LogP contribution in [0.5, 0.6) is 0 Å². The van der Waals surface area contributed by atoms with E-state index in [1.165, 1.54) is 11.1 Å². The average Bonchev–Trinajstić information content (AvgIpc) is 3.15. The lowest BCUT2D eigenvalue weighted by Crippen LogP contribution is -2.31. The van der Waals surface area contributed by atoms with Crippen molar-refractivity contribution in [3.63, 3.8) is 0 Å². The molecule has 0 N–H and O–H groups in total. The van der Waals surface area contributed by atoms with Crippen LogP contribution in [-0.2, 0) is 17.8 Å². The number of rotatable bonds is 6. The van der Waals surface area contributed by atoms with Crippen LogP contribution in [0.2, 0.25) is 0 Å². The number of pyridine rings is 1. The standard InChI is InChI=1S/C25H25N3OS/c1-17(2)21-9-7-19(8-10-21)14-24(29)28(16-20-5-4-12-26-15-20)25-27-22-11-6-18(3)13-23(22)30-25/h4-13,15,17H,14,16H2,1-3H3.